The first kappa shape index (κ1) is 38.4. The van der Waals surface area contributed by atoms with Crippen LogP contribution in [0.15, 0.2) is 12.2 Å². The second-order valence-corrected chi connectivity index (χ2v) is 47.3. The molecule has 0 amide bonds. The van der Waals surface area contributed by atoms with Crippen molar-refractivity contribution in [1.82, 2.24) is 0 Å². The van der Waals surface area contributed by atoms with Crippen molar-refractivity contribution in [1.29, 1.82) is 0 Å². The molecule has 0 aromatic rings. The number of allylic oxidation sites excluding steroid dienone is 2. The van der Waals surface area contributed by atoms with Crippen LogP contribution < -0.4 is 0 Å². The second kappa shape index (κ2) is 13.1. The van der Waals surface area contributed by atoms with Crippen LogP contribution in [0.1, 0.15) is 19.3 Å². The maximum Gasteiger partial charge on any atom is 0.314 e. The van der Waals surface area contributed by atoms with Crippen molar-refractivity contribution in [2.75, 3.05) is 0 Å². The van der Waals surface area contributed by atoms with Gasteiger partial charge in [0, 0.05) is 0 Å². The molecule has 1 saturated carbocycles. The molecule has 1 fully saturated rings. The molecule has 0 heterocycles. The van der Waals surface area contributed by atoms with E-state index in [9.17, 15) is 0 Å². The summed E-state index contributed by atoms with van der Waals surface area (Å²) in [5.74, 6) is 2.49. The van der Waals surface area contributed by atoms with Crippen LogP contribution in [0.25, 0.3) is 0 Å². The van der Waals surface area contributed by atoms with E-state index in [1.54, 1.807) is 0 Å². The highest BCUT2D eigenvalue weighted by atomic mass is 28.5. The van der Waals surface area contributed by atoms with Crippen LogP contribution in [-0.2, 0) is 28.8 Å². The molecule has 2 aliphatic rings. The Kier molecular flexibility index (Phi) is 12.3. The molecule has 2 bridgehead atoms. The number of rotatable bonds is 17. The maximum atomic E-state index is 6.90. The molecular weight excluding hydrogens is 649 g/mol. The van der Waals surface area contributed by atoms with E-state index in [-0.39, 0.29) is 0 Å². The van der Waals surface area contributed by atoms with Crippen LogP contribution in [-0.4, -0.2) is 68.0 Å². The average molecular weight is 713 g/mol. The molecule has 0 N–H and O–H groups in total. The summed E-state index contributed by atoms with van der Waals surface area (Å²) in [4.78, 5) is 0. The van der Waals surface area contributed by atoms with Crippen LogP contribution >= 0.6 is 0 Å². The van der Waals surface area contributed by atoms with Crippen LogP contribution in [0.4, 0.5) is 0 Å². The summed E-state index contributed by atoms with van der Waals surface area (Å²) in [6, 6.07) is 1.20. The predicted octanol–water partition coefficient (Wildman–Crippen LogP) is 8.96. The zero-order valence-electron chi connectivity index (χ0n) is 29.6. The number of hydrogen-bond acceptors (Lipinski definition) is 7. The van der Waals surface area contributed by atoms with Crippen LogP contribution in [0, 0.1) is 17.8 Å². The van der Waals surface area contributed by atoms with Gasteiger partial charge in [-0.15, -0.1) is 0 Å². The SMILES string of the molecule is C[Si](C)(C)O[Si](C)(C)O[Si](C)(C)O[Si](C)(C)O[Si](C)(C)O[Si](C)(C)O[Si](C)(C)O[Si](C)(C)CCC1CC2C=CC1C2. The van der Waals surface area contributed by atoms with Crippen molar-refractivity contribution >= 4 is 68.0 Å². The van der Waals surface area contributed by atoms with Gasteiger partial charge in [0.05, 0.1) is 0 Å². The van der Waals surface area contributed by atoms with Crippen LogP contribution in [0.3, 0.4) is 0 Å². The molecule has 7 nitrogen and oxygen atoms in total. The summed E-state index contributed by atoms with van der Waals surface area (Å²) < 4.78 is 47.0. The van der Waals surface area contributed by atoms with E-state index >= 15 is 0 Å². The fraction of sp³-hybridized carbons (Fsp3) is 0.923. The van der Waals surface area contributed by atoms with Gasteiger partial charge < -0.3 is 28.8 Å². The van der Waals surface area contributed by atoms with E-state index in [1.165, 1.54) is 25.3 Å². The van der Waals surface area contributed by atoms with Gasteiger partial charge in [-0.2, -0.15) is 0 Å². The van der Waals surface area contributed by atoms with Gasteiger partial charge in [0.2, 0.25) is 0 Å². The lowest BCUT2D eigenvalue weighted by Crippen LogP contribution is -2.61. The molecule has 0 aliphatic heterocycles. The van der Waals surface area contributed by atoms with Crippen molar-refractivity contribution in [3.63, 3.8) is 0 Å². The first-order valence-electron chi connectivity index (χ1n) is 15.6. The number of hydrogen-bond donors (Lipinski definition) is 0. The van der Waals surface area contributed by atoms with Gasteiger partial charge in [0.15, 0.2) is 16.6 Å². The van der Waals surface area contributed by atoms with E-state index in [4.69, 9.17) is 28.8 Å². The Bertz CT molecular complexity index is 916. The Hall–Kier alpha value is 1.20. The van der Waals surface area contributed by atoms with Gasteiger partial charge in [-0.3, -0.25) is 0 Å². The largest absolute Gasteiger partial charge is 0.437 e. The average Bonchev–Trinajstić information content (AvgIpc) is 3.20. The first-order chi connectivity index (χ1) is 18.0. The van der Waals surface area contributed by atoms with Gasteiger partial charge >= 0.3 is 51.4 Å². The monoisotopic (exact) mass is 712 g/mol. The smallest absolute Gasteiger partial charge is 0.314 e. The highest BCUT2D eigenvalue weighted by Gasteiger charge is 2.49. The van der Waals surface area contributed by atoms with E-state index in [0.29, 0.717) is 0 Å². The maximum absolute atomic E-state index is 6.90. The Labute approximate surface area is 262 Å². The van der Waals surface area contributed by atoms with Gasteiger partial charge in [0.25, 0.3) is 0 Å². The highest BCUT2D eigenvalue weighted by Crippen LogP contribution is 2.46. The standard InChI is InChI=1S/C26H64O7Si8/c1-34(2,3)27-36(6,7)29-38(10,11)31-40(14,15)33-41(16,17)32-39(12,13)30-37(8,9)28-35(4,5)21-20-26-23-24-18-19-25(26)22-24/h18-19,24-26H,20-23H2,1-17H3. The molecule has 0 aromatic heterocycles. The summed E-state index contributed by atoms with van der Waals surface area (Å²) in [6.07, 6.45) is 8.93. The highest BCUT2D eigenvalue weighted by molar-refractivity contribution is 6.92. The lowest BCUT2D eigenvalue weighted by atomic mass is 9.91. The van der Waals surface area contributed by atoms with Gasteiger partial charge in [-0.05, 0) is 148 Å². The minimum Gasteiger partial charge on any atom is -0.437 e. The Morgan fingerprint density at radius 1 is 0.463 bits per heavy atom. The molecule has 41 heavy (non-hydrogen) atoms. The van der Waals surface area contributed by atoms with Crippen molar-refractivity contribution in [3.05, 3.63) is 12.2 Å². The summed E-state index contributed by atoms with van der Waals surface area (Å²) in [5, 5.41) is 0. The first-order valence-corrected chi connectivity index (χ1v) is 39.0. The zero-order valence-corrected chi connectivity index (χ0v) is 37.6. The molecule has 2 rings (SSSR count). The quantitative estimate of drug-likeness (QED) is 0.110. The fourth-order valence-corrected chi connectivity index (χ4v) is 46.9. The summed E-state index contributed by atoms with van der Waals surface area (Å²) >= 11 is 0. The molecule has 15 heteroatoms. The number of fused-ring (bicyclic) bond motifs is 2. The third-order valence-electron chi connectivity index (χ3n) is 7.07. The molecule has 0 radical (unpaired) electrons. The summed E-state index contributed by atoms with van der Waals surface area (Å²) in [5.41, 5.74) is 0. The lowest BCUT2D eigenvalue weighted by Gasteiger charge is -2.44. The van der Waals surface area contributed by atoms with Gasteiger partial charge in [0.1, 0.15) is 0 Å². The van der Waals surface area contributed by atoms with E-state index in [1.807, 2.05) is 0 Å². The third kappa shape index (κ3) is 14.4. The van der Waals surface area contributed by atoms with E-state index in [2.05, 4.69) is 123 Å². The molecule has 3 atom stereocenters. The molecule has 0 saturated heterocycles. The summed E-state index contributed by atoms with van der Waals surface area (Å²) in [6.45, 7) is 36.9. The normalized spacial score (nSPS) is 23.1. The molecule has 3 unspecified atom stereocenters. The van der Waals surface area contributed by atoms with Crippen LogP contribution in [0.2, 0.25) is 117 Å². The molecule has 242 valence electrons. The zero-order chi connectivity index (χ0) is 31.9. The van der Waals surface area contributed by atoms with Crippen molar-refractivity contribution < 1.29 is 28.8 Å². The minimum atomic E-state index is -2.57. The molecule has 2 aliphatic carbocycles. The van der Waals surface area contributed by atoms with Gasteiger partial charge in [-0.25, -0.2) is 0 Å². The minimum absolute atomic E-state index is 0.807. The Balaban J connectivity index is 1.94. The molecular formula is C26H64O7Si8. The second-order valence-electron chi connectivity index (χ2n) is 16.6. The van der Waals surface area contributed by atoms with Crippen molar-refractivity contribution in [2.24, 2.45) is 17.8 Å². The summed E-state index contributed by atoms with van der Waals surface area (Å²) in [7, 11) is -18.4. The third-order valence-corrected chi connectivity index (χ3v) is 36.8. The van der Waals surface area contributed by atoms with Crippen molar-refractivity contribution in [2.45, 2.75) is 137 Å². The Morgan fingerprint density at radius 2 is 0.829 bits per heavy atom. The lowest BCUT2D eigenvalue weighted by molar-refractivity contribution is 0.264. The van der Waals surface area contributed by atoms with Gasteiger partial charge in [-0.1, -0.05) is 18.6 Å². The fourth-order valence-electron chi connectivity index (χ4n) is 7.30. The molecule has 0 aromatic carbocycles. The topological polar surface area (TPSA) is 64.6 Å². The van der Waals surface area contributed by atoms with E-state index in [0.717, 1.165) is 17.8 Å². The van der Waals surface area contributed by atoms with E-state index < -0.39 is 68.0 Å². The Morgan fingerprint density at radius 3 is 1.15 bits per heavy atom. The predicted molar refractivity (Wildman–Crippen MR) is 192 cm³/mol. The van der Waals surface area contributed by atoms with Crippen LogP contribution in [0.5, 0.6) is 0 Å². The van der Waals surface area contributed by atoms with Crippen molar-refractivity contribution in [3.8, 4) is 0 Å². The molecule has 0 spiro atoms.